The van der Waals surface area contributed by atoms with Gasteiger partial charge in [-0.05, 0) is 103 Å². The quantitative estimate of drug-likeness (QED) is 0.186. The van der Waals surface area contributed by atoms with Crippen LogP contribution in [0.5, 0.6) is 0 Å². The number of unbranched alkanes of at least 4 members (excludes halogenated alkanes) is 2. The van der Waals surface area contributed by atoms with Gasteiger partial charge in [-0.15, -0.1) is 0 Å². The van der Waals surface area contributed by atoms with E-state index < -0.39 is 0 Å². The van der Waals surface area contributed by atoms with E-state index in [9.17, 15) is 0 Å². The molecule has 0 aromatic rings. The van der Waals surface area contributed by atoms with Crippen molar-refractivity contribution in [3.63, 3.8) is 0 Å². The highest BCUT2D eigenvalue weighted by atomic mass is 16.5. The Morgan fingerprint density at radius 3 is 1.91 bits per heavy atom. The Morgan fingerprint density at radius 2 is 1.29 bits per heavy atom. The molecule has 210 valence electrons. The van der Waals surface area contributed by atoms with E-state index >= 15 is 0 Å². The molecule has 0 aliphatic carbocycles. The van der Waals surface area contributed by atoms with Crippen molar-refractivity contribution in [2.24, 2.45) is 16.7 Å². The Hall–Kier alpha value is -0.160. The van der Waals surface area contributed by atoms with Crippen molar-refractivity contribution in [3.8, 4) is 0 Å². The zero-order valence-electron chi connectivity index (χ0n) is 25.7. The molecule has 1 fully saturated rings. The minimum atomic E-state index is 0.207. The summed E-state index contributed by atoms with van der Waals surface area (Å²) in [5, 5.41) is 3.52. The summed E-state index contributed by atoms with van der Waals surface area (Å²) in [6.07, 6.45) is 11.4. The molecule has 0 unspecified atom stereocenters. The van der Waals surface area contributed by atoms with Crippen LogP contribution < -0.4 is 5.32 Å². The van der Waals surface area contributed by atoms with E-state index in [1.807, 2.05) is 0 Å². The van der Waals surface area contributed by atoms with E-state index in [1.54, 1.807) is 0 Å². The third kappa shape index (κ3) is 17.1. The second kappa shape index (κ2) is 15.3. The molecule has 1 saturated heterocycles. The highest BCUT2D eigenvalue weighted by Crippen LogP contribution is 2.37. The molecule has 35 heavy (non-hydrogen) atoms. The number of hydrogen-bond donors (Lipinski definition) is 1. The molecule has 1 aliphatic rings. The van der Waals surface area contributed by atoms with Crippen molar-refractivity contribution in [2.45, 2.75) is 138 Å². The summed E-state index contributed by atoms with van der Waals surface area (Å²) >= 11 is 0. The van der Waals surface area contributed by atoms with Gasteiger partial charge in [0.15, 0.2) is 0 Å². The van der Waals surface area contributed by atoms with Gasteiger partial charge in [-0.25, -0.2) is 0 Å². The van der Waals surface area contributed by atoms with Crippen LogP contribution in [0, 0.1) is 16.7 Å². The van der Waals surface area contributed by atoms with Crippen LogP contribution >= 0.6 is 0 Å². The van der Waals surface area contributed by atoms with E-state index in [4.69, 9.17) is 9.47 Å². The summed E-state index contributed by atoms with van der Waals surface area (Å²) in [7, 11) is 0. The monoisotopic (exact) mass is 496 g/mol. The summed E-state index contributed by atoms with van der Waals surface area (Å²) < 4.78 is 11.7. The second-order valence-corrected chi connectivity index (χ2v) is 15.0. The minimum Gasteiger partial charge on any atom is -0.381 e. The van der Waals surface area contributed by atoms with Gasteiger partial charge in [-0.2, -0.15) is 0 Å². The number of ether oxygens (including phenoxy) is 2. The average molecular weight is 497 g/mol. The average Bonchev–Trinajstić information content (AvgIpc) is 2.67. The van der Waals surface area contributed by atoms with Crippen molar-refractivity contribution in [1.29, 1.82) is 0 Å². The van der Waals surface area contributed by atoms with Crippen molar-refractivity contribution in [1.82, 2.24) is 10.2 Å². The topological polar surface area (TPSA) is 33.7 Å². The first kappa shape index (κ1) is 32.9. The van der Waals surface area contributed by atoms with Crippen LogP contribution in [0.1, 0.15) is 127 Å². The van der Waals surface area contributed by atoms with Crippen molar-refractivity contribution in [3.05, 3.63) is 0 Å². The maximum atomic E-state index is 5.85. The Morgan fingerprint density at radius 1 is 0.686 bits per heavy atom. The number of nitrogens with one attached hydrogen (secondary N) is 1. The zero-order valence-corrected chi connectivity index (χ0v) is 25.7. The molecule has 0 saturated carbocycles. The van der Waals surface area contributed by atoms with E-state index in [2.05, 4.69) is 79.5 Å². The minimum absolute atomic E-state index is 0.207. The normalized spacial score (nSPS) is 16.6. The van der Waals surface area contributed by atoms with E-state index in [1.165, 1.54) is 64.5 Å². The first-order valence-electron chi connectivity index (χ1n) is 14.8. The smallest absolute Gasteiger partial charge is 0.0514 e. The Kier molecular flexibility index (Phi) is 14.4. The molecule has 1 aliphatic heterocycles. The zero-order chi connectivity index (χ0) is 26.6. The molecule has 0 atom stereocenters. The van der Waals surface area contributed by atoms with Crippen LogP contribution in [0.4, 0.5) is 0 Å². The first-order chi connectivity index (χ1) is 16.1. The molecule has 1 N–H and O–H groups in total. The van der Waals surface area contributed by atoms with Gasteiger partial charge in [0.25, 0.3) is 0 Å². The lowest BCUT2D eigenvalue weighted by Gasteiger charge is -2.50. The molecule has 0 aromatic carbocycles. The Bertz CT molecular complexity index is 539. The third-order valence-corrected chi connectivity index (χ3v) is 7.43. The van der Waals surface area contributed by atoms with Gasteiger partial charge >= 0.3 is 0 Å². The lowest BCUT2D eigenvalue weighted by molar-refractivity contribution is -0.0121. The maximum absolute atomic E-state index is 5.85. The van der Waals surface area contributed by atoms with E-state index in [0.717, 1.165) is 45.3 Å². The van der Waals surface area contributed by atoms with Crippen molar-refractivity contribution in [2.75, 3.05) is 46.1 Å². The van der Waals surface area contributed by atoms with Gasteiger partial charge in [0.2, 0.25) is 0 Å². The molecule has 0 amide bonds. The van der Waals surface area contributed by atoms with Gasteiger partial charge in [0.1, 0.15) is 0 Å². The van der Waals surface area contributed by atoms with Crippen LogP contribution in [0.3, 0.4) is 0 Å². The lowest BCUT2D eigenvalue weighted by Crippen LogP contribution is -2.57. The highest BCUT2D eigenvalue weighted by Gasteiger charge is 2.37. The van der Waals surface area contributed by atoms with E-state index in [-0.39, 0.29) is 11.0 Å². The summed E-state index contributed by atoms with van der Waals surface area (Å²) in [6, 6.07) is 0. The maximum Gasteiger partial charge on any atom is 0.0514 e. The Balaban J connectivity index is 2.06. The lowest BCUT2D eigenvalue weighted by atomic mass is 9.77. The van der Waals surface area contributed by atoms with Gasteiger partial charge in [-0.1, -0.05) is 47.5 Å². The van der Waals surface area contributed by atoms with Crippen molar-refractivity contribution >= 4 is 0 Å². The van der Waals surface area contributed by atoms with Crippen LogP contribution in [-0.4, -0.2) is 62.0 Å². The number of likely N-dealkylation sites (tertiary alicyclic amines) is 1. The van der Waals surface area contributed by atoms with Gasteiger partial charge in [0, 0.05) is 44.0 Å². The fourth-order valence-corrected chi connectivity index (χ4v) is 4.74. The van der Waals surface area contributed by atoms with Crippen molar-refractivity contribution < 1.29 is 9.47 Å². The molecule has 1 heterocycles. The van der Waals surface area contributed by atoms with E-state index in [0.29, 0.717) is 11.0 Å². The molecule has 0 radical (unpaired) electrons. The summed E-state index contributed by atoms with van der Waals surface area (Å²) in [5.74, 6) is 0.897. The second-order valence-electron chi connectivity index (χ2n) is 15.0. The summed E-state index contributed by atoms with van der Waals surface area (Å²) in [5.41, 5.74) is 1.24. The molecule has 4 heteroatoms. The summed E-state index contributed by atoms with van der Waals surface area (Å²) in [4.78, 5) is 2.73. The van der Waals surface area contributed by atoms with Crippen LogP contribution in [0.15, 0.2) is 0 Å². The molecule has 0 bridgehead atoms. The molecule has 1 rings (SSSR count). The third-order valence-electron chi connectivity index (χ3n) is 7.43. The standard InChI is InChI=1S/C31H64N2O2/c1-28(2,3)26-35-22-13-11-16-27-24-33(25-27)31(9,10)19-18-30(7,8)17-12-14-21-34-23-15-20-32-29(4,5)6/h27,32H,11-26H2,1-10H3. The molecule has 4 nitrogen and oxygen atoms in total. The number of rotatable bonds is 19. The predicted molar refractivity (Wildman–Crippen MR) is 153 cm³/mol. The first-order valence-corrected chi connectivity index (χ1v) is 14.8. The molecular formula is C31H64N2O2. The van der Waals surface area contributed by atoms with Crippen LogP contribution in [0.2, 0.25) is 0 Å². The van der Waals surface area contributed by atoms with Crippen LogP contribution in [0.25, 0.3) is 0 Å². The van der Waals surface area contributed by atoms with Gasteiger partial charge in [0.05, 0.1) is 6.61 Å². The van der Waals surface area contributed by atoms with Gasteiger partial charge < -0.3 is 14.8 Å². The SMILES string of the molecule is CC(C)(C)COCCCCC1CN(C(C)(C)CCC(C)(C)CCCCOCCCNC(C)(C)C)C1. The largest absolute Gasteiger partial charge is 0.381 e. The summed E-state index contributed by atoms with van der Waals surface area (Å²) in [6.45, 7) is 30.4. The fraction of sp³-hybridized carbons (Fsp3) is 1.00. The van der Waals surface area contributed by atoms with Crippen LogP contribution in [-0.2, 0) is 9.47 Å². The van der Waals surface area contributed by atoms with Gasteiger partial charge in [-0.3, -0.25) is 4.90 Å². The molecule has 0 aromatic heterocycles. The number of nitrogens with zero attached hydrogens (tertiary/aromatic N) is 1. The highest BCUT2D eigenvalue weighted by molar-refractivity contribution is 4.92. The molecular weight excluding hydrogens is 432 g/mol. The predicted octanol–water partition coefficient (Wildman–Crippen LogP) is 7.70. The fourth-order valence-electron chi connectivity index (χ4n) is 4.74. The Labute approximate surface area is 220 Å². The molecule has 0 spiro atoms. The number of hydrogen-bond acceptors (Lipinski definition) is 4.